The Kier molecular flexibility index (Phi) is 5.87. The minimum Gasteiger partial charge on any atom is -0.462 e. The van der Waals surface area contributed by atoms with Gasteiger partial charge in [0, 0.05) is 0 Å². The van der Waals surface area contributed by atoms with Gasteiger partial charge in [-0.1, -0.05) is 13.8 Å². The van der Waals surface area contributed by atoms with Gasteiger partial charge in [-0.2, -0.15) is 13.2 Å². The van der Waals surface area contributed by atoms with Crippen molar-refractivity contribution < 1.29 is 22.3 Å². The number of hydrogen-bond acceptors (Lipinski definition) is 3. The van der Waals surface area contributed by atoms with Crippen molar-refractivity contribution in [3.63, 3.8) is 0 Å². The lowest BCUT2D eigenvalue weighted by Gasteiger charge is -2.06. The maximum absolute atomic E-state index is 11.9. The topological polar surface area (TPSA) is 34.4 Å². The van der Waals surface area contributed by atoms with Crippen LogP contribution in [0.25, 0.3) is 0 Å². The van der Waals surface area contributed by atoms with E-state index < -0.39 is 12.8 Å². The molecular formula is C13H20F3NO2. The highest BCUT2D eigenvalue weighted by molar-refractivity contribution is 5.19. The Morgan fingerprint density at radius 3 is 2.63 bits per heavy atom. The van der Waals surface area contributed by atoms with Gasteiger partial charge >= 0.3 is 6.18 Å². The summed E-state index contributed by atoms with van der Waals surface area (Å²) in [5.41, 5.74) is 0.918. The molecule has 0 spiro atoms. The predicted octanol–water partition coefficient (Wildman–Crippen LogP) is 3.41. The SMILES string of the molecule is Cc1cc(COCC(F)(F)F)oc1CNCC(C)C. The van der Waals surface area contributed by atoms with E-state index in [1.54, 1.807) is 6.07 Å². The molecule has 0 fully saturated rings. The molecule has 1 N–H and O–H groups in total. The molecule has 0 bridgehead atoms. The van der Waals surface area contributed by atoms with Crippen LogP contribution in [0.1, 0.15) is 30.9 Å². The van der Waals surface area contributed by atoms with Crippen molar-refractivity contribution in [2.75, 3.05) is 13.2 Å². The molecule has 1 rings (SSSR count). The van der Waals surface area contributed by atoms with Crippen LogP contribution >= 0.6 is 0 Å². The fraction of sp³-hybridized carbons (Fsp3) is 0.692. The molecule has 0 aliphatic heterocycles. The van der Waals surface area contributed by atoms with Crippen LogP contribution in [0.3, 0.4) is 0 Å². The van der Waals surface area contributed by atoms with Gasteiger partial charge in [0.2, 0.25) is 0 Å². The molecule has 0 aromatic carbocycles. The van der Waals surface area contributed by atoms with E-state index >= 15 is 0 Å². The second-order valence-corrected chi connectivity index (χ2v) is 4.95. The zero-order valence-corrected chi connectivity index (χ0v) is 11.4. The van der Waals surface area contributed by atoms with E-state index in [4.69, 9.17) is 4.42 Å². The van der Waals surface area contributed by atoms with Crippen molar-refractivity contribution in [3.05, 3.63) is 23.2 Å². The average Bonchev–Trinajstić information content (AvgIpc) is 2.57. The number of halogens is 3. The normalized spacial score (nSPS) is 12.4. The molecule has 0 atom stereocenters. The molecule has 3 nitrogen and oxygen atoms in total. The average molecular weight is 279 g/mol. The van der Waals surface area contributed by atoms with E-state index in [0.29, 0.717) is 18.2 Å². The van der Waals surface area contributed by atoms with E-state index in [2.05, 4.69) is 23.9 Å². The molecule has 0 saturated heterocycles. The number of nitrogens with one attached hydrogen (secondary N) is 1. The summed E-state index contributed by atoms with van der Waals surface area (Å²) in [7, 11) is 0. The maximum atomic E-state index is 11.9. The van der Waals surface area contributed by atoms with E-state index in [1.807, 2.05) is 6.92 Å². The first kappa shape index (κ1) is 16.0. The van der Waals surface area contributed by atoms with Crippen LogP contribution in [0.4, 0.5) is 13.2 Å². The minimum absolute atomic E-state index is 0.162. The summed E-state index contributed by atoms with van der Waals surface area (Å²) in [6.07, 6.45) is -4.30. The summed E-state index contributed by atoms with van der Waals surface area (Å²) < 4.78 is 45.8. The highest BCUT2D eigenvalue weighted by atomic mass is 19.4. The number of ether oxygens (including phenoxy) is 1. The number of furan rings is 1. The van der Waals surface area contributed by atoms with Gasteiger partial charge in [-0.15, -0.1) is 0 Å². The summed E-state index contributed by atoms with van der Waals surface area (Å²) in [5.74, 6) is 1.69. The largest absolute Gasteiger partial charge is 0.462 e. The molecule has 19 heavy (non-hydrogen) atoms. The Labute approximate surface area is 111 Å². The molecular weight excluding hydrogens is 259 g/mol. The van der Waals surface area contributed by atoms with Crippen molar-refractivity contribution in [2.24, 2.45) is 5.92 Å². The van der Waals surface area contributed by atoms with Crippen LogP contribution in [0.5, 0.6) is 0 Å². The van der Waals surface area contributed by atoms with Crippen molar-refractivity contribution in [3.8, 4) is 0 Å². The van der Waals surface area contributed by atoms with Crippen molar-refractivity contribution in [1.29, 1.82) is 0 Å². The van der Waals surface area contributed by atoms with Gasteiger partial charge in [0.15, 0.2) is 0 Å². The molecule has 0 saturated carbocycles. The lowest BCUT2D eigenvalue weighted by Crippen LogP contribution is -2.19. The molecule has 6 heteroatoms. The predicted molar refractivity (Wildman–Crippen MR) is 65.7 cm³/mol. The quantitative estimate of drug-likeness (QED) is 0.830. The van der Waals surface area contributed by atoms with Crippen LogP contribution in [0, 0.1) is 12.8 Å². The lowest BCUT2D eigenvalue weighted by atomic mass is 10.2. The lowest BCUT2D eigenvalue weighted by molar-refractivity contribution is -0.177. The second-order valence-electron chi connectivity index (χ2n) is 4.95. The molecule has 0 aliphatic carbocycles. The van der Waals surface area contributed by atoms with Crippen LogP contribution in [0.2, 0.25) is 0 Å². The Morgan fingerprint density at radius 2 is 2.05 bits per heavy atom. The summed E-state index contributed by atoms with van der Waals surface area (Å²) in [6.45, 7) is 6.07. The highest BCUT2D eigenvalue weighted by Gasteiger charge is 2.27. The Balaban J connectivity index is 2.40. The van der Waals surface area contributed by atoms with Crippen molar-refractivity contribution in [1.82, 2.24) is 5.32 Å². The zero-order valence-electron chi connectivity index (χ0n) is 11.4. The summed E-state index contributed by atoms with van der Waals surface area (Å²) in [6, 6.07) is 1.71. The van der Waals surface area contributed by atoms with Crippen molar-refractivity contribution >= 4 is 0 Å². The first-order valence-electron chi connectivity index (χ1n) is 6.21. The van der Waals surface area contributed by atoms with Gasteiger partial charge < -0.3 is 14.5 Å². The molecule has 0 amide bonds. The molecule has 110 valence electrons. The summed E-state index contributed by atoms with van der Waals surface area (Å²) >= 11 is 0. The van der Waals surface area contributed by atoms with Crippen LogP contribution in [-0.4, -0.2) is 19.3 Å². The minimum atomic E-state index is -4.30. The molecule has 0 unspecified atom stereocenters. The second kappa shape index (κ2) is 6.96. The Morgan fingerprint density at radius 1 is 1.37 bits per heavy atom. The van der Waals surface area contributed by atoms with Gasteiger partial charge in [-0.25, -0.2) is 0 Å². The molecule has 1 aromatic rings. The first-order valence-corrected chi connectivity index (χ1v) is 6.21. The van der Waals surface area contributed by atoms with E-state index in [9.17, 15) is 13.2 Å². The maximum Gasteiger partial charge on any atom is 0.411 e. The van der Waals surface area contributed by atoms with Gasteiger partial charge in [0.05, 0.1) is 6.54 Å². The number of hydrogen-bond donors (Lipinski definition) is 1. The van der Waals surface area contributed by atoms with E-state index in [0.717, 1.165) is 17.9 Å². The fourth-order valence-electron chi connectivity index (χ4n) is 1.58. The third kappa shape index (κ3) is 6.63. The number of rotatable bonds is 7. The van der Waals surface area contributed by atoms with Crippen LogP contribution in [-0.2, 0) is 17.9 Å². The van der Waals surface area contributed by atoms with Crippen LogP contribution in [0.15, 0.2) is 10.5 Å². The van der Waals surface area contributed by atoms with E-state index in [1.165, 1.54) is 0 Å². The Bertz CT molecular complexity index is 386. The first-order chi connectivity index (χ1) is 8.78. The molecule has 1 aromatic heterocycles. The summed E-state index contributed by atoms with van der Waals surface area (Å²) in [5, 5.41) is 3.22. The highest BCUT2D eigenvalue weighted by Crippen LogP contribution is 2.18. The molecule has 0 aliphatic rings. The van der Waals surface area contributed by atoms with Gasteiger partial charge in [-0.05, 0) is 31.0 Å². The van der Waals surface area contributed by atoms with Gasteiger partial charge in [-0.3, -0.25) is 0 Å². The van der Waals surface area contributed by atoms with Crippen molar-refractivity contribution in [2.45, 2.75) is 40.1 Å². The third-order valence-corrected chi connectivity index (χ3v) is 2.42. The van der Waals surface area contributed by atoms with Crippen LogP contribution < -0.4 is 5.32 Å². The number of aryl methyl sites for hydroxylation is 1. The van der Waals surface area contributed by atoms with Gasteiger partial charge in [0.1, 0.15) is 24.7 Å². The standard InChI is InChI=1S/C13H20F3NO2/c1-9(2)5-17-6-12-10(3)4-11(19-12)7-18-8-13(14,15)16/h4,9,17H,5-8H2,1-3H3. The smallest absolute Gasteiger partial charge is 0.411 e. The fourth-order valence-corrected chi connectivity index (χ4v) is 1.58. The molecule has 0 radical (unpaired) electrons. The molecule has 1 heterocycles. The number of alkyl halides is 3. The van der Waals surface area contributed by atoms with Gasteiger partial charge in [0.25, 0.3) is 0 Å². The summed E-state index contributed by atoms with van der Waals surface area (Å²) in [4.78, 5) is 0. The Hall–Kier alpha value is -1.01. The van der Waals surface area contributed by atoms with E-state index in [-0.39, 0.29) is 6.61 Å². The zero-order chi connectivity index (χ0) is 14.5. The third-order valence-electron chi connectivity index (χ3n) is 2.42. The monoisotopic (exact) mass is 279 g/mol.